The maximum atomic E-state index is 13.1. The molecule has 0 heterocycles. The Morgan fingerprint density at radius 1 is 0.861 bits per heavy atom. The summed E-state index contributed by atoms with van der Waals surface area (Å²) in [6, 6.07) is 25.7. The van der Waals surface area contributed by atoms with Crippen LogP contribution in [-0.2, 0) is 11.2 Å². The monoisotopic (exact) mass is 504 g/mol. The number of hydrogen-bond acceptors (Lipinski definition) is 4. The third-order valence-corrected chi connectivity index (χ3v) is 6.64. The molecule has 0 atom stereocenters. The van der Waals surface area contributed by atoms with Crippen LogP contribution in [0, 0.1) is 0 Å². The molecule has 0 aromatic heterocycles. The number of hydrogen-bond donors (Lipinski definition) is 1. The van der Waals surface area contributed by atoms with Crippen LogP contribution in [0.25, 0.3) is 0 Å². The van der Waals surface area contributed by atoms with Crippen LogP contribution in [0.4, 0.5) is 10.5 Å². The molecule has 0 saturated heterocycles. The lowest BCUT2D eigenvalue weighted by Crippen LogP contribution is -2.41. The van der Waals surface area contributed by atoms with Crippen LogP contribution in [0.3, 0.4) is 0 Å². The van der Waals surface area contributed by atoms with Gasteiger partial charge < -0.3 is 10.1 Å². The molecular weight excluding hydrogens is 468 g/mol. The molecule has 0 aliphatic rings. The van der Waals surface area contributed by atoms with E-state index in [1.54, 1.807) is 11.8 Å². The molecule has 0 unspecified atom stereocenters. The molecule has 0 fully saturated rings. The predicted molar refractivity (Wildman–Crippen MR) is 148 cm³/mol. The van der Waals surface area contributed by atoms with Gasteiger partial charge in [-0.3, -0.25) is 9.69 Å². The van der Waals surface area contributed by atoms with Crippen LogP contribution in [0.1, 0.15) is 51.5 Å². The van der Waals surface area contributed by atoms with Crippen LogP contribution >= 0.6 is 11.8 Å². The number of esters is 1. The first kappa shape index (κ1) is 27.3. The molecule has 2 amide bonds. The fourth-order valence-corrected chi connectivity index (χ4v) is 4.58. The predicted octanol–water partition coefficient (Wildman–Crippen LogP) is 7.49. The number of ether oxygens (including phenoxy) is 1. The van der Waals surface area contributed by atoms with Gasteiger partial charge in [0.2, 0.25) is 0 Å². The average molecular weight is 505 g/mol. The first-order valence-corrected chi connectivity index (χ1v) is 13.6. The quantitative estimate of drug-likeness (QED) is 0.149. The summed E-state index contributed by atoms with van der Waals surface area (Å²) in [5.74, 6) is 0.340. The van der Waals surface area contributed by atoms with E-state index < -0.39 is 0 Å². The summed E-state index contributed by atoms with van der Waals surface area (Å²) in [7, 11) is 0. The highest BCUT2D eigenvalue weighted by Crippen LogP contribution is 2.31. The van der Waals surface area contributed by atoms with Crippen LogP contribution in [-0.4, -0.2) is 25.1 Å². The number of urea groups is 1. The fraction of sp³-hybridized carbons (Fsp3) is 0.333. The number of unbranched alkanes of at least 4 members (excludes halogenated alkanes) is 2. The maximum absolute atomic E-state index is 13.1. The summed E-state index contributed by atoms with van der Waals surface area (Å²) in [5, 5.41) is 3.09. The molecule has 3 rings (SSSR count). The molecule has 0 bridgehead atoms. The van der Waals surface area contributed by atoms with Gasteiger partial charge in [-0.25, -0.2) is 4.79 Å². The summed E-state index contributed by atoms with van der Waals surface area (Å²) in [5.41, 5.74) is 2.07. The van der Waals surface area contributed by atoms with Gasteiger partial charge in [-0.1, -0.05) is 74.8 Å². The first-order valence-electron chi connectivity index (χ1n) is 12.8. The van der Waals surface area contributed by atoms with Crippen molar-refractivity contribution in [1.29, 1.82) is 0 Å². The molecule has 3 aromatic rings. The van der Waals surface area contributed by atoms with Gasteiger partial charge >= 0.3 is 12.0 Å². The Morgan fingerprint density at radius 2 is 1.64 bits per heavy atom. The second-order valence-electron chi connectivity index (χ2n) is 8.62. The van der Waals surface area contributed by atoms with Crippen molar-refractivity contribution in [2.45, 2.75) is 62.2 Å². The molecule has 36 heavy (non-hydrogen) atoms. The zero-order valence-corrected chi connectivity index (χ0v) is 22.1. The smallest absolute Gasteiger partial charge is 0.321 e. The van der Waals surface area contributed by atoms with Crippen molar-refractivity contribution >= 4 is 29.4 Å². The zero-order chi connectivity index (χ0) is 25.6. The van der Waals surface area contributed by atoms with E-state index in [1.165, 1.54) is 5.56 Å². The van der Waals surface area contributed by atoms with Gasteiger partial charge in [0.1, 0.15) is 5.75 Å². The lowest BCUT2D eigenvalue weighted by Gasteiger charge is -2.24. The van der Waals surface area contributed by atoms with Crippen molar-refractivity contribution in [3.8, 4) is 5.75 Å². The minimum absolute atomic E-state index is 0.0672. The van der Waals surface area contributed by atoms with Crippen molar-refractivity contribution < 1.29 is 14.3 Å². The van der Waals surface area contributed by atoms with Crippen molar-refractivity contribution in [3.63, 3.8) is 0 Å². The number of anilines is 1. The molecule has 0 saturated carbocycles. The maximum Gasteiger partial charge on any atom is 0.321 e. The number of carbonyl (C=O) groups is 2. The SMILES string of the molecule is CCCCCNC(=O)N(CCc1ccccc1)c1cccc(Sc2ccc(OC(=O)CCC)cc2)c1. The van der Waals surface area contributed by atoms with Crippen LogP contribution in [0.5, 0.6) is 5.75 Å². The van der Waals surface area contributed by atoms with Gasteiger partial charge in [-0.15, -0.1) is 0 Å². The molecule has 0 aliphatic heterocycles. The lowest BCUT2D eigenvalue weighted by atomic mass is 10.1. The Labute approximate surface area is 219 Å². The van der Waals surface area contributed by atoms with Gasteiger partial charge in [0.05, 0.1) is 0 Å². The number of amides is 2. The van der Waals surface area contributed by atoms with Crippen molar-refractivity contribution in [2.24, 2.45) is 0 Å². The minimum Gasteiger partial charge on any atom is -0.427 e. The Kier molecular flexibility index (Phi) is 11.4. The number of nitrogens with zero attached hydrogens (tertiary/aromatic N) is 1. The third-order valence-electron chi connectivity index (χ3n) is 5.64. The van der Waals surface area contributed by atoms with Gasteiger partial charge in [0, 0.05) is 35.0 Å². The van der Waals surface area contributed by atoms with Gasteiger partial charge in [-0.2, -0.15) is 0 Å². The van der Waals surface area contributed by atoms with Gasteiger partial charge in [0.25, 0.3) is 0 Å². The van der Waals surface area contributed by atoms with E-state index in [9.17, 15) is 9.59 Å². The standard InChI is InChI=1S/C30H36N2O3S/c1-3-5-9-21-31-30(34)32(22-20-24-12-7-6-8-13-24)25-14-10-15-28(23-25)36-27-18-16-26(17-19-27)35-29(33)11-4-2/h6-8,10,12-19,23H,3-5,9,11,20-22H2,1-2H3,(H,31,34). The highest BCUT2D eigenvalue weighted by Gasteiger charge is 2.16. The van der Waals surface area contributed by atoms with Gasteiger partial charge in [-0.05, 0) is 67.3 Å². The molecule has 0 radical (unpaired) electrons. The van der Waals surface area contributed by atoms with E-state index in [4.69, 9.17) is 4.74 Å². The highest BCUT2D eigenvalue weighted by atomic mass is 32.2. The molecule has 0 spiro atoms. The second-order valence-corrected chi connectivity index (χ2v) is 9.77. The number of rotatable bonds is 13. The van der Waals surface area contributed by atoms with E-state index in [1.807, 2.05) is 72.5 Å². The number of carbonyl (C=O) groups excluding carboxylic acids is 2. The summed E-state index contributed by atoms with van der Waals surface area (Å²) in [6.07, 6.45) is 5.16. The topological polar surface area (TPSA) is 58.6 Å². The van der Waals surface area contributed by atoms with Crippen LogP contribution in [0.15, 0.2) is 88.7 Å². The van der Waals surface area contributed by atoms with Crippen LogP contribution in [0.2, 0.25) is 0 Å². The van der Waals surface area contributed by atoms with Gasteiger partial charge in [0.15, 0.2) is 0 Å². The zero-order valence-electron chi connectivity index (χ0n) is 21.2. The Hall–Kier alpha value is -3.25. The molecule has 1 N–H and O–H groups in total. The summed E-state index contributed by atoms with van der Waals surface area (Å²) in [6.45, 7) is 5.38. The summed E-state index contributed by atoms with van der Waals surface area (Å²) in [4.78, 5) is 28.8. The average Bonchev–Trinajstić information content (AvgIpc) is 2.89. The Balaban J connectivity index is 1.70. The lowest BCUT2D eigenvalue weighted by molar-refractivity contribution is -0.134. The first-order chi connectivity index (χ1) is 17.6. The minimum atomic E-state index is -0.214. The van der Waals surface area contributed by atoms with E-state index in [2.05, 4.69) is 30.4 Å². The van der Waals surface area contributed by atoms with Crippen molar-refractivity contribution in [1.82, 2.24) is 5.32 Å². The number of nitrogens with one attached hydrogen (secondary N) is 1. The molecule has 5 nitrogen and oxygen atoms in total. The molecule has 0 aliphatic carbocycles. The Morgan fingerprint density at radius 3 is 2.36 bits per heavy atom. The third kappa shape index (κ3) is 9.08. The fourth-order valence-electron chi connectivity index (χ4n) is 3.71. The van der Waals surface area contributed by atoms with Crippen LogP contribution < -0.4 is 15.0 Å². The molecule has 190 valence electrons. The Bertz CT molecular complexity index is 1090. The normalized spacial score (nSPS) is 10.6. The summed E-state index contributed by atoms with van der Waals surface area (Å²) < 4.78 is 5.35. The number of benzene rings is 3. The molecule has 3 aromatic carbocycles. The molecule has 6 heteroatoms. The van der Waals surface area contributed by atoms with Crippen molar-refractivity contribution in [2.75, 3.05) is 18.0 Å². The summed E-state index contributed by atoms with van der Waals surface area (Å²) >= 11 is 1.61. The second kappa shape index (κ2) is 15.0. The van der Waals surface area contributed by atoms with E-state index in [0.29, 0.717) is 25.3 Å². The highest BCUT2D eigenvalue weighted by molar-refractivity contribution is 7.99. The largest absolute Gasteiger partial charge is 0.427 e. The van der Waals surface area contributed by atoms with E-state index in [-0.39, 0.29) is 12.0 Å². The van der Waals surface area contributed by atoms with E-state index >= 15 is 0 Å². The van der Waals surface area contributed by atoms with E-state index in [0.717, 1.165) is 47.6 Å². The molecular formula is C30H36N2O3S. The van der Waals surface area contributed by atoms with Crippen molar-refractivity contribution in [3.05, 3.63) is 84.4 Å².